The number of halogens is 2. The Hall–Kier alpha value is -2.66. The van der Waals surface area contributed by atoms with E-state index >= 15 is 0 Å². The van der Waals surface area contributed by atoms with Crippen LogP contribution in [0.3, 0.4) is 0 Å². The van der Waals surface area contributed by atoms with Gasteiger partial charge in [0.2, 0.25) is 0 Å². The maximum absolute atomic E-state index is 12.7. The minimum atomic E-state index is -0.537. The fourth-order valence-corrected chi connectivity index (χ4v) is 1.81. The molecule has 22 heavy (non-hydrogen) atoms. The first kappa shape index (κ1) is 15.7. The first-order chi connectivity index (χ1) is 10.5. The summed E-state index contributed by atoms with van der Waals surface area (Å²) in [5, 5.41) is 0.562. The zero-order valence-electron chi connectivity index (χ0n) is 11.3. The molecular weight excluding hydrogens is 307 g/mol. The van der Waals surface area contributed by atoms with Gasteiger partial charge in [0.25, 0.3) is 11.8 Å². The lowest BCUT2D eigenvalue weighted by Gasteiger charge is -2.05. The molecule has 0 atom stereocenters. The summed E-state index contributed by atoms with van der Waals surface area (Å²) in [5.41, 5.74) is 5.45. The number of nitrogens with one attached hydrogen (secondary N) is 2. The number of amides is 2. The normalized spacial score (nSPS) is 10.5. The SMILES string of the molecule is O=C(/C=C/c1cccc(Cl)c1)NNC(=O)c1ccc(F)cc1. The second-order valence-corrected chi connectivity index (χ2v) is 4.78. The number of rotatable bonds is 3. The summed E-state index contributed by atoms with van der Waals surface area (Å²) in [7, 11) is 0. The van der Waals surface area contributed by atoms with Crippen LogP contribution in [0.1, 0.15) is 15.9 Å². The lowest BCUT2D eigenvalue weighted by Crippen LogP contribution is -2.40. The highest BCUT2D eigenvalue weighted by Crippen LogP contribution is 2.11. The van der Waals surface area contributed by atoms with Crippen molar-refractivity contribution in [2.45, 2.75) is 0 Å². The van der Waals surface area contributed by atoms with Crippen LogP contribution in [0.2, 0.25) is 5.02 Å². The van der Waals surface area contributed by atoms with E-state index in [1.165, 1.54) is 18.2 Å². The molecule has 0 bridgehead atoms. The Morgan fingerprint density at radius 2 is 1.77 bits per heavy atom. The van der Waals surface area contributed by atoms with Gasteiger partial charge in [-0.3, -0.25) is 20.4 Å². The van der Waals surface area contributed by atoms with Crippen molar-refractivity contribution in [2.24, 2.45) is 0 Å². The van der Waals surface area contributed by atoms with Crippen molar-refractivity contribution in [2.75, 3.05) is 0 Å². The fourth-order valence-electron chi connectivity index (χ4n) is 1.62. The molecule has 0 aliphatic rings. The Kier molecular flexibility index (Phi) is 5.27. The highest BCUT2D eigenvalue weighted by Gasteiger charge is 2.05. The van der Waals surface area contributed by atoms with Crippen molar-refractivity contribution in [1.82, 2.24) is 10.9 Å². The van der Waals surface area contributed by atoms with E-state index in [1.54, 1.807) is 30.3 Å². The van der Waals surface area contributed by atoms with E-state index in [9.17, 15) is 14.0 Å². The average Bonchev–Trinajstić information content (AvgIpc) is 2.51. The molecule has 0 saturated heterocycles. The van der Waals surface area contributed by atoms with Gasteiger partial charge < -0.3 is 0 Å². The van der Waals surface area contributed by atoms with Crippen LogP contribution in [-0.2, 0) is 4.79 Å². The van der Waals surface area contributed by atoms with Crippen molar-refractivity contribution < 1.29 is 14.0 Å². The van der Waals surface area contributed by atoms with Crippen LogP contribution in [0.15, 0.2) is 54.6 Å². The zero-order chi connectivity index (χ0) is 15.9. The minimum Gasteiger partial charge on any atom is -0.268 e. The van der Waals surface area contributed by atoms with Crippen molar-refractivity contribution in [1.29, 1.82) is 0 Å². The molecule has 0 radical (unpaired) electrons. The first-order valence-electron chi connectivity index (χ1n) is 6.34. The third-order valence-corrected chi connectivity index (χ3v) is 2.92. The molecule has 2 N–H and O–H groups in total. The smallest absolute Gasteiger partial charge is 0.268 e. The number of hydrogen-bond acceptors (Lipinski definition) is 2. The summed E-state index contributed by atoms with van der Waals surface area (Å²) in [5.74, 6) is -1.48. The standard InChI is InChI=1S/C16H12ClFN2O2/c17-13-3-1-2-11(10-13)4-9-15(21)19-20-16(22)12-5-7-14(18)8-6-12/h1-10H,(H,19,21)(H,20,22)/b9-4+. The Morgan fingerprint density at radius 3 is 2.45 bits per heavy atom. The van der Waals surface area contributed by atoms with Gasteiger partial charge in [0.15, 0.2) is 0 Å². The highest BCUT2D eigenvalue weighted by molar-refractivity contribution is 6.30. The van der Waals surface area contributed by atoms with Crippen molar-refractivity contribution in [3.05, 3.63) is 76.6 Å². The van der Waals surface area contributed by atoms with Gasteiger partial charge in [-0.2, -0.15) is 0 Å². The molecule has 0 aliphatic carbocycles. The quantitative estimate of drug-likeness (QED) is 0.675. The summed E-state index contributed by atoms with van der Waals surface area (Å²) in [6.07, 6.45) is 2.82. The molecule has 0 spiro atoms. The minimum absolute atomic E-state index is 0.237. The predicted octanol–water partition coefficient (Wildman–Crippen LogP) is 2.95. The van der Waals surface area contributed by atoms with Crippen LogP contribution in [0, 0.1) is 5.82 Å². The van der Waals surface area contributed by atoms with Crippen LogP contribution in [0.5, 0.6) is 0 Å². The summed E-state index contributed by atoms with van der Waals surface area (Å²) in [4.78, 5) is 23.3. The van der Waals surface area contributed by atoms with E-state index in [-0.39, 0.29) is 5.56 Å². The fraction of sp³-hybridized carbons (Fsp3) is 0. The molecule has 0 aromatic heterocycles. The maximum atomic E-state index is 12.7. The molecule has 0 saturated carbocycles. The van der Waals surface area contributed by atoms with Gasteiger partial charge in [0.1, 0.15) is 5.82 Å². The second kappa shape index (κ2) is 7.38. The zero-order valence-corrected chi connectivity index (χ0v) is 12.1. The summed E-state index contributed by atoms with van der Waals surface area (Å²) < 4.78 is 12.7. The lowest BCUT2D eigenvalue weighted by atomic mass is 10.2. The van der Waals surface area contributed by atoms with E-state index in [1.807, 2.05) is 0 Å². The number of carbonyl (C=O) groups is 2. The molecule has 2 aromatic rings. The lowest BCUT2D eigenvalue weighted by molar-refractivity contribution is -0.117. The second-order valence-electron chi connectivity index (χ2n) is 4.34. The van der Waals surface area contributed by atoms with Crippen LogP contribution in [0.25, 0.3) is 6.08 Å². The van der Waals surface area contributed by atoms with Gasteiger partial charge >= 0.3 is 0 Å². The molecule has 2 rings (SSSR count). The van der Waals surface area contributed by atoms with Crippen molar-refractivity contribution in [3.63, 3.8) is 0 Å². The molecule has 112 valence electrons. The summed E-state index contributed by atoms with van der Waals surface area (Å²) in [6.45, 7) is 0. The van der Waals surface area contributed by atoms with E-state index in [0.29, 0.717) is 5.02 Å². The van der Waals surface area contributed by atoms with E-state index < -0.39 is 17.6 Å². The van der Waals surface area contributed by atoms with Gasteiger partial charge in [0.05, 0.1) is 0 Å². The van der Waals surface area contributed by atoms with E-state index in [4.69, 9.17) is 11.6 Å². The van der Waals surface area contributed by atoms with Gasteiger partial charge in [-0.05, 0) is 48.0 Å². The predicted molar refractivity (Wildman–Crippen MR) is 82.5 cm³/mol. The highest BCUT2D eigenvalue weighted by atomic mass is 35.5. The molecule has 0 unspecified atom stereocenters. The third-order valence-electron chi connectivity index (χ3n) is 2.68. The molecule has 2 aromatic carbocycles. The monoisotopic (exact) mass is 318 g/mol. The molecule has 4 nitrogen and oxygen atoms in total. The summed E-state index contributed by atoms with van der Waals surface area (Å²) >= 11 is 5.82. The van der Waals surface area contributed by atoms with Crippen molar-refractivity contribution in [3.8, 4) is 0 Å². The maximum Gasteiger partial charge on any atom is 0.269 e. The number of carbonyl (C=O) groups excluding carboxylic acids is 2. The van der Waals surface area contributed by atoms with Crippen LogP contribution in [0.4, 0.5) is 4.39 Å². The number of hydrazine groups is 1. The molecule has 6 heteroatoms. The largest absolute Gasteiger partial charge is 0.269 e. The summed E-state index contributed by atoms with van der Waals surface area (Å²) in [6, 6.07) is 11.9. The van der Waals surface area contributed by atoms with Crippen LogP contribution in [-0.4, -0.2) is 11.8 Å². The Labute approximate surface area is 131 Å². The van der Waals surface area contributed by atoms with Gasteiger partial charge in [-0.1, -0.05) is 23.7 Å². The van der Waals surface area contributed by atoms with E-state index in [2.05, 4.69) is 10.9 Å². The number of hydrogen-bond donors (Lipinski definition) is 2. The first-order valence-corrected chi connectivity index (χ1v) is 6.72. The number of benzene rings is 2. The van der Waals surface area contributed by atoms with Gasteiger partial charge in [-0.25, -0.2) is 4.39 Å². The molecule has 0 heterocycles. The Bertz CT molecular complexity index is 714. The van der Waals surface area contributed by atoms with Gasteiger partial charge in [-0.15, -0.1) is 0 Å². The van der Waals surface area contributed by atoms with Crippen molar-refractivity contribution >= 4 is 29.5 Å². The molecule has 0 fully saturated rings. The van der Waals surface area contributed by atoms with Gasteiger partial charge in [0, 0.05) is 16.7 Å². The third kappa shape index (κ3) is 4.71. The Balaban J connectivity index is 1.87. The molecule has 0 aliphatic heterocycles. The average molecular weight is 319 g/mol. The topological polar surface area (TPSA) is 58.2 Å². The molecular formula is C16H12ClFN2O2. The van der Waals surface area contributed by atoms with Crippen LogP contribution < -0.4 is 10.9 Å². The Morgan fingerprint density at radius 1 is 1.05 bits per heavy atom. The molecule has 2 amide bonds. The van der Waals surface area contributed by atoms with Crippen LogP contribution >= 0.6 is 11.6 Å². The van der Waals surface area contributed by atoms with E-state index in [0.717, 1.165) is 17.7 Å².